The van der Waals surface area contributed by atoms with Gasteiger partial charge in [0.05, 0.1) is 5.54 Å². The van der Waals surface area contributed by atoms with Crippen molar-refractivity contribution in [2.75, 3.05) is 0 Å². The Kier molecular flexibility index (Phi) is 8.45. The Balaban J connectivity index is 0.00000401. The van der Waals surface area contributed by atoms with E-state index in [1.807, 2.05) is 24.4 Å². The van der Waals surface area contributed by atoms with Gasteiger partial charge < -0.3 is 9.30 Å². The molecular formula is C42H43N4OPt-. The largest absolute Gasteiger partial charge is 0.508 e. The minimum Gasteiger partial charge on any atom is -0.508 e. The molecule has 5 nitrogen and oxygen atoms in total. The molecule has 0 saturated heterocycles. The zero-order valence-corrected chi connectivity index (χ0v) is 31.5. The van der Waals surface area contributed by atoms with Crippen LogP contribution in [0.4, 0.5) is 0 Å². The van der Waals surface area contributed by atoms with Crippen LogP contribution in [0.3, 0.4) is 0 Å². The Labute approximate surface area is 298 Å². The van der Waals surface area contributed by atoms with Crippen LogP contribution in [0.15, 0.2) is 97.5 Å². The van der Waals surface area contributed by atoms with E-state index in [9.17, 15) is 0 Å². The number of fused-ring (bicyclic) bond motifs is 4. The van der Waals surface area contributed by atoms with Crippen molar-refractivity contribution in [1.82, 2.24) is 18.7 Å². The third kappa shape index (κ3) is 6.10. The number of pyridine rings is 1. The zero-order chi connectivity index (χ0) is 33.3. The molecule has 48 heavy (non-hydrogen) atoms. The topological polar surface area (TPSA) is 36.9 Å². The minimum absolute atomic E-state index is 0. The summed E-state index contributed by atoms with van der Waals surface area (Å²) in [7, 11) is 0. The summed E-state index contributed by atoms with van der Waals surface area (Å²) in [5.74, 6) is 2.12. The van der Waals surface area contributed by atoms with E-state index in [1.165, 1.54) is 22.0 Å². The van der Waals surface area contributed by atoms with Crippen molar-refractivity contribution in [3.63, 3.8) is 0 Å². The molecule has 0 aliphatic carbocycles. The van der Waals surface area contributed by atoms with Crippen molar-refractivity contribution in [2.45, 2.75) is 78.7 Å². The van der Waals surface area contributed by atoms with E-state index < -0.39 is 0 Å². The number of hydrogen-bond donors (Lipinski definition) is 0. The Morgan fingerprint density at radius 3 is 2.04 bits per heavy atom. The monoisotopic (exact) mass is 814 g/mol. The molecule has 7 aromatic rings. The number of nitrogens with zero attached hydrogens (tertiary/aromatic N) is 4. The van der Waals surface area contributed by atoms with E-state index in [4.69, 9.17) is 9.72 Å². The second kappa shape index (κ2) is 12.0. The van der Waals surface area contributed by atoms with Crippen LogP contribution >= 0.6 is 0 Å². The number of hydrogen-bond acceptors (Lipinski definition) is 2. The summed E-state index contributed by atoms with van der Waals surface area (Å²) in [6.07, 6.45) is 4.06. The van der Waals surface area contributed by atoms with Crippen molar-refractivity contribution < 1.29 is 25.8 Å². The van der Waals surface area contributed by atoms with Crippen molar-refractivity contribution >= 4 is 32.8 Å². The third-order valence-corrected chi connectivity index (χ3v) is 8.94. The first-order valence-electron chi connectivity index (χ1n) is 16.4. The number of rotatable bonds is 4. The standard InChI is InChI=1S/C42H43N4O.Pt/c1-40(2,3)28-17-20-35-34(23-28)33-19-18-32(26-38(33)46(35)39-24-29(21-22-43-39)41(4,5)6)47-31-14-12-13-30(25-31)44-27-45(42(7,8)9)37-16-11-10-15-36(37)44;/h10-24,27H,1-9H3;/q-1;. The molecule has 0 N–H and O–H groups in total. The Hall–Kier alpha value is -4.21. The molecule has 0 atom stereocenters. The number of benzene rings is 4. The molecule has 248 valence electrons. The van der Waals surface area contributed by atoms with Crippen molar-refractivity contribution in [3.05, 3.63) is 121 Å². The molecule has 7 rings (SSSR count). The number of imidazole rings is 1. The fraction of sp³-hybridized carbons (Fsp3) is 0.286. The molecule has 4 aromatic carbocycles. The first kappa shape index (κ1) is 33.7. The molecule has 6 heteroatoms. The molecular weight excluding hydrogens is 772 g/mol. The van der Waals surface area contributed by atoms with Crippen LogP contribution in [0.25, 0.3) is 44.3 Å². The molecule has 3 aromatic heterocycles. The van der Waals surface area contributed by atoms with Crippen LogP contribution in [-0.2, 0) is 37.4 Å². The van der Waals surface area contributed by atoms with E-state index in [2.05, 4.69) is 161 Å². The fourth-order valence-corrected chi connectivity index (χ4v) is 6.29. The Bertz CT molecular complexity index is 2290. The molecule has 0 fully saturated rings. The van der Waals surface area contributed by atoms with E-state index in [1.54, 1.807) is 0 Å². The predicted octanol–water partition coefficient (Wildman–Crippen LogP) is 10.9. The van der Waals surface area contributed by atoms with Crippen LogP contribution in [0.1, 0.15) is 73.4 Å². The van der Waals surface area contributed by atoms with Crippen molar-refractivity contribution in [1.29, 1.82) is 0 Å². The van der Waals surface area contributed by atoms with E-state index in [-0.39, 0.29) is 37.4 Å². The number of para-hydroxylation sites is 2. The van der Waals surface area contributed by atoms with Crippen molar-refractivity contribution in [3.8, 4) is 23.0 Å². The first-order chi connectivity index (χ1) is 22.2. The van der Waals surface area contributed by atoms with E-state index in [0.717, 1.165) is 33.4 Å². The molecule has 0 amide bonds. The Morgan fingerprint density at radius 1 is 0.646 bits per heavy atom. The molecule has 0 bridgehead atoms. The van der Waals surface area contributed by atoms with Gasteiger partial charge in [0, 0.05) is 62.1 Å². The Morgan fingerprint density at radius 2 is 1.33 bits per heavy atom. The first-order valence-corrected chi connectivity index (χ1v) is 16.4. The quantitative estimate of drug-likeness (QED) is 0.166. The van der Waals surface area contributed by atoms with Gasteiger partial charge in [0.2, 0.25) is 0 Å². The molecule has 0 saturated carbocycles. The van der Waals surface area contributed by atoms with Gasteiger partial charge in [0.25, 0.3) is 0 Å². The van der Waals surface area contributed by atoms with Crippen LogP contribution in [0.2, 0.25) is 0 Å². The van der Waals surface area contributed by atoms with Gasteiger partial charge in [-0.1, -0.05) is 65.3 Å². The smallest absolute Gasteiger partial charge is 0.188 e. The minimum atomic E-state index is -0.0727. The van der Waals surface area contributed by atoms with Gasteiger partial charge in [-0.05, 0) is 78.4 Å². The van der Waals surface area contributed by atoms with Crippen LogP contribution in [-0.4, -0.2) is 18.7 Å². The summed E-state index contributed by atoms with van der Waals surface area (Å²) in [5.41, 5.74) is 7.69. The average molecular weight is 815 g/mol. The summed E-state index contributed by atoms with van der Waals surface area (Å²) in [5, 5.41) is 2.29. The average Bonchev–Trinajstić information content (AvgIpc) is 3.56. The van der Waals surface area contributed by atoms with Gasteiger partial charge in [0.1, 0.15) is 5.82 Å². The van der Waals surface area contributed by atoms with Crippen LogP contribution < -0.4 is 4.74 Å². The van der Waals surface area contributed by atoms with Crippen LogP contribution in [0, 0.1) is 12.1 Å². The summed E-state index contributed by atoms with van der Waals surface area (Å²) >= 11 is 0. The molecule has 0 aliphatic rings. The third-order valence-electron chi connectivity index (χ3n) is 8.94. The number of ether oxygens (including phenoxy) is 1. The maximum atomic E-state index is 6.51. The summed E-state index contributed by atoms with van der Waals surface area (Å²) < 4.78 is 13.2. The fourth-order valence-electron chi connectivity index (χ4n) is 6.29. The second-order valence-corrected chi connectivity index (χ2v) is 15.6. The van der Waals surface area contributed by atoms with Gasteiger partial charge >= 0.3 is 0 Å². The number of aromatic nitrogens is 4. The molecule has 0 radical (unpaired) electrons. The SMILES string of the molecule is CC(C)(C)c1ccnc(-n2c3[c-]c(Oc4[c-]c(-n5[cH+]n(C(C)(C)C)c6ccccc65)ccc4)ccc3c3cc(C(C)(C)C)ccc32)c1.[Pt]. The summed E-state index contributed by atoms with van der Waals surface area (Å²) in [6.45, 7) is 20.1. The second-order valence-electron chi connectivity index (χ2n) is 15.6. The van der Waals surface area contributed by atoms with Gasteiger partial charge in [-0.3, -0.25) is 0 Å². The van der Waals surface area contributed by atoms with Crippen LogP contribution in [0.5, 0.6) is 11.5 Å². The van der Waals surface area contributed by atoms with Gasteiger partial charge in [-0.2, -0.15) is 12.1 Å². The molecule has 0 unspecified atom stereocenters. The summed E-state index contributed by atoms with van der Waals surface area (Å²) in [6, 6.07) is 36.9. The van der Waals surface area contributed by atoms with Crippen molar-refractivity contribution in [2.24, 2.45) is 0 Å². The van der Waals surface area contributed by atoms with Gasteiger partial charge in [-0.25, -0.2) is 14.1 Å². The van der Waals surface area contributed by atoms with E-state index >= 15 is 0 Å². The van der Waals surface area contributed by atoms with E-state index in [0.29, 0.717) is 11.5 Å². The molecule has 0 spiro atoms. The normalized spacial score (nSPS) is 12.5. The predicted molar refractivity (Wildman–Crippen MR) is 194 cm³/mol. The maximum absolute atomic E-state index is 6.51. The molecule has 3 heterocycles. The van der Waals surface area contributed by atoms with Gasteiger partial charge in [0.15, 0.2) is 17.4 Å². The maximum Gasteiger partial charge on any atom is 0.188 e. The molecule has 0 aliphatic heterocycles. The van der Waals surface area contributed by atoms with Gasteiger partial charge in [-0.15, -0.1) is 29.7 Å². The zero-order valence-electron chi connectivity index (χ0n) is 29.3. The summed E-state index contributed by atoms with van der Waals surface area (Å²) in [4.78, 5) is 4.86.